The Morgan fingerprint density at radius 1 is 1.12 bits per heavy atom. The molecule has 1 aromatic heterocycles. The van der Waals surface area contributed by atoms with E-state index in [1.165, 1.54) is 12.1 Å². The van der Waals surface area contributed by atoms with Crippen LogP contribution in [-0.4, -0.2) is 15.0 Å². The highest BCUT2D eigenvalue weighted by Crippen LogP contribution is 2.15. The van der Waals surface area contributed by atoms with Gasteiger partial charge in [-0.05, 0) is 31.1 Å². The molecule has 4 heteroatoms. The summed E-state index contributed by atoms with van der Waals surface area (Å²) in [6.07, 6.45) is 3.34. The Morgan fingerprint density at radius 2 is 1.76 bits per heavy atom. The second-order valence-corrected chi connectivity index (χ2v) is 5.72. The Balaban J connectivity index is 2.71. The van der Waals surface area contributed by atoms with Gasteiger partial charge in [-0.25, -0.2) is 4.68 Å². The van der Waals surface area contributed by atoms with E-state index in [9.17, 15) is 0 Å². The Bertz CT molecular complexity index is 331. The molecule has 0 aliphatic heterocycles. The highest BCUT2D eigenvalue weighted by molar-refractivity contribution is 6.16. The summed E-state index contributed by atoms with van der Waals surface area (Å²) in [5, 5.41) is 8.39. The maximum Gasteiger partial charge on any atom is 0.101 e. The molecule has 0 unspecified atom stereocenters. The number of alkyl halides is 1. The molecule has 0 aliphatic carbocycles. The van der Waals surface area contributed by atoms with Crippen LogP contribution in [0.15, 0.2) is 0 Å². The lowest BCUT2D eigenvalue weighted by molar-refractivity contribution is 0.459. The summed E-state index contributed by atoms with van der Waals surface area (Å²) >= 11 is 5.91. The first kappa shape index (κ1) is 14.5. The average Bonchev–Trinajstić information content (AvgIpc) is 2.65. The fourth-order valence-electron chi connectivity index (χ4n) is 1.73. The molecule has 0 atom stereocenters. The molecule has 3 nitrogen and oxygen atoms in total. The number of hydrogen-bond acceptors (Lipinski definition) is 2. The molecule has 1 heterocycles. The normalized spacial score (nSPS) is 11.7. The van der Waals surface area contributed by atoms with Crippen molar-refractivity contribution in [2.24, 2.45) is 11.8 Å². The molecule has 98 valence electrons. The number of rotatable bonds is 7. The van der Waals surface area contributed by atoms with E-state index < -0.39 is 0 Å². The summed E-state index contributed by atoms with van der Waals surface area (Å²) in [6.45, 7) is 9.89. The van der Waals surface area contributed by atoms with Gasteiger partial charge in [0.15, 0.2) is 0 Å². The maximum atomic E-state index is 5.91. The molecule has 0 amide bonds. The van der Waals surface area contributed by atoms with Crippen LogP contribution in [0.2, 0.25) is 0 Å². The minimum absolute atomic E-state index is 0.467. The van der Waals surface area contributed by atoms with Gasteiger partial charge in [0.1, 0.15) is 5.69 Å². The molecule has 0 aliphatic rings. The summed E-state index contributed by atoms with van der Waals surface area (Å²) in [6, 6.07) is 0. The van der Waals surface area contributed by atoms with Crippen molar-refractivity contribution >= 4 is 11.6 Å². The molecular formula is C13H24ClN3. The number of nitrogens with zero attached hydrogens (tertiary/aromatic N) is 3. The van der Waals surface area contributed by atoms with E-state index in [0.717, 1.165) is 25.1 Å². The van der Waals surface area contributed by atoms with Gasteiger partial charge in [0, 0.05) is 6.54 Å². The second kappa shape index (κ2) is 7.00. The zero-order valence-electron chi connectivity index (χ0n) is 11.4. The van der Waals surface area contributed by atoms with E-state index in [0.29, 0.717) is 17.7 Å². The molecule has 1 rings (SSSR count). The Hall–Kier alpha value is -0.570. The quantitative estimate of drug-likeness (QED) is 0.698. The van der Waals surface area contributed by atoms with E-state index in [1.807, 2.05) is 4.68 Å². The summed E-state index contributed by atoms with van der Waals surface area (Å²) in [4.78, 5) is 0. The molecular weight excluding hydrogens is 234 g/mol. The predicted molar refractivity (Wildman–Crippen MR) is 72.2 cm³/mol. The number of hydrogen-bond donors (Lipinski definition) is 0. The molecule has 0 aromatic carbocycles. The van der Waals surface area contributed by atoms with Crippen LogP contribution in [0.5, 0.6) is 0 Å². The van der Waals surface area contributed by atoms with Crippen LogP contribution in [0.3, 0.4) is 0 Å². The zero-order valence-corrected chi connectivity index (χ0v) is 12.2. The van der Waals surface area contributed by atoms with Gasteiger partial charge in [0.05, 0.1) is 11.6 Å². The Labute approximate surface area is 110 Å². The smallest absolute Gasteiger partial charge is 0.101 e. The molecule has 0 saturated carbocycles. The Kier molecular flexibility index (Phi) is 5.96. The molecule has 0 saturated heterocycles. The zero-order chi connectivity index (χ0) is 12.8. The molecule has 17 heavy (non-hydrogen) atoms. The first-order chi connectivity index (χ1) is 8.04. The summed E-state index contributed by atoms with van der Waals surface area (Å²) in [5.41, 5.74) is 2.19. The van der Waals surface area contributed by atoms with Gasteiger partial charge >= 0.3 is 0 Å². The standard InChI is InChI=1S/C13H24ClN3/c1-10(2)5-6-13-12(9-14)15-16-17(13)8-7-11(3)4/h10-11H,5-9H2,1-4H3. The molecule has 0 N–H and O–H groups in total. The van der Waals surface area contributed by atoms with Gasteiger partial charge < -0.3 is 0 Å². The SMILES string of the molecule is CC(C)CCc1c(CCl)nnn1CCC(C)C. The lowest BCUT2D eigenvalue weighted by Gasteiger charge is -2.10. The lowest BCUT2D eigenvalue weighted by Crippen LogP contribution is -2.09. The van der Waals surface area contributed by atoms with Gasteiger partial charge in [-0.1, -0.05) is 32.9 Å². The molecule has 0 bridgehead atoms. The van der Waals surface area contributed by atoms with Crippen LogP contribution in [0.25, 0.3) is 0 Å². The van der Waals surface area contributed by atoms with Crippen LogP contribution in [0.4, 0.5) is 0 Å². The summed E-state index contributed by atoms with van der Waals surface area (Å²) < 4.78 is 2.04. The maximum absolute atomic E-state index is 5.91. The second-order valence-electron chi connectivity index (χ2n) is 5.45. The fourth-order valence-corrected chi connectivity index (χ4v) is 1.94. The molecule has 0 fully saturated rings. The van der Waals surface area contributed by atoms with E-state index in [-0.39, 0.29) is 0 Å². The lowest BCUT2D eigenvalue weighted by atomic mass is 10.1. The highest BCUT2D eigenvalue weighted by atomic mass is 35.5. The fraction of sp³-hybridized carbons (Fsp3) is 0.846. The van der Waals surface area contributed by atoms with E-state index >= 15 is 0 Å². The van der Waals surface area contributed by atoms with Crippen LogP contribution in [0.1, 0.15) is 51.9 Å². The van der Waals surface area contributed by atoms with Gasteiger partial charge in [0.25, 0.3) is 0 Å². The first-order valence-electron chi connectivity index (χ1n) is 6.51. The third-order valence-corrected chi connectivity index (χ3v) is 3.17. The van der Waals surface area contributed by atoms with Gasteiger partial charge in [-0.3, -0.25) is 0 Å². The van der Waals surface area contributed by atoms with E-state index in [2.05, 4.69) is 38.0 Å². The van der Waals surface area contributed by atoms with E-state index in [1.54, 1.807) is 0 Å². The summed E-state index contributed by atoms with van der Waals surface area (Å²) in [7, 11) is 0. The summed E-state index contributed by atoms with van der Waals surface area (Å²) in [5.74, 6) is 1.86. The largest absolute Gasteiger partial charge is 0.249 e. The molecule has 0 spiro atoms. The van der Waals surface area contributed by atoms with Crippen molar-refractivity contribution < 1.29 is 0 Å². The van der Waals surface area contributed by atoms with Crippen molar-refractivity contribution in [3.63, 3.8) is 0 Å². The van der Waals surface area contributed by atoms with Crippen molar-refractivity contribution in [2.45, 2.75) is 59.4 Å². The predicted octanol–water partition coefficient (Wildman–Crippen LogP) is 3.65. The monoisotopic (exact) mass is 257 g/mol. The van der Waals surface area contributed by atoms with Crippen LogP contribution in [-0.2, 0) is 18.8 Å². The highest BCUT2D eigenvalue weighted by Gasteiger charge is 2.12. The molecule has 0 radical (unpaired) electrons. The van der Waals surface area contributed by atoms with Crippen LogP contribution in [0, 0.1) is 11.8 Å². The number of halogens is 1. The number of aryl methyl sites for hydroxylation is 1. The van der Waals surface area contributed by atoms with Crippen LogP contribution >= 0.6 is 11.6 Å². The Morgan fingerprint density at radius 3 is 2.29 bits per heavy atom. The van der Waals surface area contributed by atoms with Gasteiger partial charge in [-0.15, -0.1) is 16.7 Å². The van der Waals surface area contributed by atoms with Gasteiger partial charge in [0.2, 0.25) is 0 Å². The van der Waals surface area contributed by atoms with Crippen molar-refractivity contribution in [3.05, 3.63) is 11.4 Å². The van der Waals surface area contributed by atoms with Crippen molar-refractivity contribution in [1.29, 1.82) is 0 Å². The average molecular weight is 258 g/mol. The van der Waals surface area contributed by atoms with Crippen molar-refractivity contribution in [3.8, 4) is 0 Å². The first-order valence-corrected chi connectivity index (χ1v) is 7.05. The van der Waals surface area contributed by atoms with E-state index in [4.69, 9.17) is 11.6 Å². The van der Waals surface area contributed by atoms with Crippen molar-refractivity contribution in [1.82, 2.24) is 15.0 Å². The molecule has 1 aromatic rings. The number of aromatic nitrogens is 3. The third-order valence-electron chi connectivity index (χ3n) is 2.92. The van der Waals surface area contributed by atoms with Crippen molar-refractivity contribution in [2.75, 3.05) is 0 Å². The van der Waals surface area contributed by atoms with Crippen LogP contribution < -0.4 is 0 Å². The topological polar surface area (TPSA) is 30.7 Å². The third kappa shape index (κ3) is 4.66. The van der Waals surface area contributed by atoms with Gasteiger partial charge in [-0.2, -0.15) is 0 Å². The minimum Gasteiger partial charge on any atom is -0.249 e. The minimum atomic E-state index is 0.467.